The van der Waals surface area contributed by atoms with Crippen LogP contribution in [0.3, 0.4) is 0 Å². The van der Waals surface area contributed by atoms with E-state index in [1.807, 2.05) is 0 Å². The van der Waals surface area contributed by atoms with Gasteiger partial charge in [-0.3, -0.25) is 9.59 Å². The van der Waals surface area contributed by atoms with E-state index >= 15 is 0 Å². The molecule has 0 radical (unpaired) electrons. The first kappa shape index (κ1) is 31.3. The van der Waals surface area contributed by atoms with E-state index < -0.39 is 41.3 Å². The van der Waals surface area contributed by atoms with Crippen molar-refractivity contribution in [1.82, 2.24) is 5.32 Å². The molecule has 0 aromatic heterocycles. The molecule has 1 amide bonds. The second-order valence-electron chi connectivity index (χ2n) is 8.03. The molecule has 0 bridgehead atoms. The number of hydrogen-bond acceptors (Lipinski definition) is 3. The zero-order valence-electron chi connectivity index (χ0n) is 19.2. The minimum Gasteiger partial charge on any atom is -0.349 e. The van der Waals surface area contributed by atoms with E-state index in [1.165, 1.54) is 18.7 Å². The number of carbonyl (C=O) groups excluding carboxylic acids is 2. The molecule has 2 rings (SSSR count). The zero-order valence-corrected chi connectivity index (χ0v) is 22.3. The van der Waals surface area contributed by atoms with Crippen molar-refractivity contribution in [3.8, 4) is 0 Å². The summed E-state index contributed by atoms with van der Waals surface area (Å²) in [5.41, 5.74) is -2.65. The Kier molecular flexibility index (Phi) is 10.8. The maximum absolute atomic E-state index is 13.7. The van der Waals surface area contributed by atoms with Gasteiger partial charge in [-0.2, -0.15) is 38.1 Å². The first-order valence-electron chi connectivity index (χ1n) is 10.5. The molecule has 0 heterocycles. The third-order valence-electron chi connectivity index (χ3n) is 5.01. The Balaban J connectivity index is 2.39. The van der Waals surface area contributed by atoms with E-state index in [0.29, 0.717) is 12.1 Å². The molecule has 1 unspecified atom stereocenters. The Morgan fingerprint density at radius 3 is 2.14 bits per heavy atom. The standard InChI is InChI=1S/C24H20Cl3F6NO2S/c1-12(7-15(35)11-37-2)34-22(36)16-5-3-13(8-18(16)24(31,32)33)4-6-17(23(28,29)30)14-9-19(25)21(27)20(26)10-14/h3-6,8-10,12,17H,7,11H2,1-2H3,(H,34,36)/b6-4+/t12-,17?/m1/s1. The van der Waals surface area contributed by atoms with E-state index in [2.05, 4.69) is 5.32 Å². The van der Waals surface area contributed by atoms with Gasteiger partial charge in [-0.15, -0.1) is 0 Å². The Labute approximate surface area is 228 Å². The number of benzene rings is 2. The van der Waals surface area contributed by atoms with Crippen LogP contribution in [-0.4, -0.2) is 35.9 Å². The van der Waals surface area contributed by atoms with Gasteiger partial charge in [0.2, 0.25) is 0 Å². The Hall–Kier alpha value is -1.88. The van der Waals surface area contributed by atoms with Crippen molar-refractivity contribution < 1.29 is 35.9 Å². The van der Waals surface area contributed by atoms with Gasteiger partial charge >= 0.3 is 12.4 Å². The quantitative estimate of drug-likeness (QED) is 0.230. The highest BCUT2D eigenvalue weighted by molar-refractivity contribution is 7.99. The number of amides is 1. The van der Waals surface area contributed by atoms with Crippen molar-refractivity contribution in [2.45, 2.75) is 37.7 Å². The first-order chi connectivity index (χ1) is 17.0. The Morgan fingerprint density at radius 2 is 1.62 bits per heavy atom. The van der Waals surface area contributed by atoms with Gasteiger partial charge in [-0.05, 0) is 48.6 Å². The minimum atomic E-state index is -4.98. The summed E-state index contributed by atoms with van der Waals surface area (Å²) in [6, 6.07) is 3.74. The molecule has 37 heavy (non-hydrogen) atoms. The maximum atomic E-state index is 13.7. The van der Waals surface area contributed by atoms with Crippen molar-refractivity contribution in [2.75, 3.05) is 12.0 Å². The molecule has 0 fully saturated rings. The first-order valence-corrected chi connectivity index (χ1v) is 13.0. The molecule has 2 aromatic rings. The molecule has 2 aromatic carbocycles. The van der Waals surface area contributed by atoms with E-state index in [0.717, 1.165) is 30.3 Å². The summed E-state index contributed by atoms with van der Waals surface area (Å²) in [6.07, 6.45) is -6.64. The Bertz CT molecular complexity index is 1160. The van der Waals surface area contributed by atoms with Crippen molar-refractivity contribution in [3.63, 3.8) is 0 Å². The van der Waals surface area contributed by atoms with Gasteiger partial charge in [0.15, 0.2) is 0 Å². The maximum Gasteiger partial charge on any atom is 0.417 e. The lowest BCUT2D eigenvalue weighted by molar-refractivity contribution is -0.139. The highest BCUT2D eigenvalue weighted by Crippen LogP contribution is 2.41. The fraction of sp³-hybridized carbons (Fsp3) is 0.333. The molecular weight excluding hydrogens is 587 g/mol. The number of thioether (sulfide) groups is 1. The van der Waals surface area contributed by atoms with Gasteiger partial charge < -0.3 is 5.32 Å². The molecule has 3 nitrogen and oxygen atoms in total. The average Bonchev–Trinajstić information content (AvgIpc) is 2.75. The normalized spacial score (nSPS) is 14.0. The van der Waals surface area contributed by atoms with E-state index in [1.54, 1.807) is 6.26 Å². The van der Waals surface area contributed by atoms with Crippen LogP contribution in [0.15, 0.2) is 36.4 Å². The third-order valence-corrected chi connectivity index (χ3v) is 6.82. The second-order valence-corrected chi connectivity index (χ2v) is 10.1. The highest BCUT2D eigenvalue weighted by atomic mass is 35.5. The number of hydrogen-bond donors (Lipinski definition) is 1. The molecule has 0 aliphatic heterocycles. The van der Waals surface area contributed by atoms with Crippen LogP contribution in [0, 0.1) is 0 Å². The van der Waals surface area contributed by atoms with Crippen LogP contribution in [0.1, 0.15) is 46.3 Å². The van der Waals surface area contributed by atoms with Crippen molar-refractivity contribution >= 4 is 64.3 Å². The minimum absolute atomic E-state index is 0.0632. The summed E-state index contributed by atoms with van der Waals surface area (Å²) < 4.78 is 82.4. The number of halogens is 9. The lowest BCUT2D eigenvalue weighted by Crippen LogP contribution is -2.35. The summed E-state index contributed by atoms with van der Waals surface area (Å²) in [4.78, 5) is 24.3. The van der Waals surface area contributed by atoms with Gasteiger partial charge in [-0.25, -0.2) is 0 Å². The molecule has 0 saturated carbocycles. The van der Waals surface area contributed by atoms with E-state index in [4.69, 9.17) is 34.8 Å². The van der Waals surface area contributed by atoms with E-state index in [-0.39, 0.29) is 44.2 Å². The number of ketones is 1. The van der Waals surface area contributed by atoms with Crippen molar-refractivity contribution in [2.24, 2.45) is 0 Å². The largest absolute Gasteiger partial charge is 0.417 e. The van der Waals surface area contributed by atoms with Crippen LogP contribution in [0.5, 0.6) is 0 Å². The van der Waals surface area contributed by atoms with Gasteiger partial charge in [0.25, 0.3) is 5.91 Å². The summed E-state index contributed by atoms with van der Waals surface area (Å²) >= 11 is 18.7. The Morgan fingerprint density at radius 1 is 1.03 bits per heavy atom. The predicted molar refractivity (Wildman–Crippen MR) is 136 cm³/mol. The molecule has 0 saturated heterocycles. The SMILES string of the molecule is CSCC(=O)C[C@@H](C)NC(=O)c1ccc(/C=C/C(c2cc(Cl)c(Cl)c(Cl)c2)C(F)(F)F)cc1C(F)(F)F. The summed E-state index contributed by atoms with van der Waals surface area (Å²) in [6.45, 7) is 1.48. The second kappa shape index (κ2) is 12.8. The lowest BCUT2D eigenvalue weighted by atomic mass is 9.96. The van der Waals surface area contributed by atoms with Gasteiger partial charge in [-0.1, -0.05) is 53.0 Å². The number of Topliss-reactive ketones (excluding diaryl/α,β-unsaturated/α-hetero) is 1. The van der Waals surface area contributed by atoms with Crippen LogP contribution >= 0.6 is 46.6 Å². The molecule has 13 heteroatoms. The van der Waals surface area contributed by atoms with Crippen LogP contribution < -0.4 is 5.32 Å². The third kappa shape index (κ3) is 8.84. The lowest BCUT2D eigenvalue weighted by Gasteiger charge is -2.19. The number of allylic oxidation sites excluding steroid dienone is 1. The fourth-order valence-electron chi connectivity index (χ4n) is 3.38. The van der Waals surface area contributed by atoms with Crippen molar-refractivity contribution in [3.05, 3.63) is 73.7 Å². The van der Waals surface area contributed by atoms with Crippen LogP contribution in [0.2, 0.25) is 15.1 Å². The number of rotatable bonds is 9. The molecule has 0 aliphatic carbocycles. The van der Waals surface area contributed by atoms with Gasteiger partial charge in [0, 0.05) is 12.5 Å². The average molecular weight is 607 g/mol. The van der Waals surface area contributed by atoms with Gasteiger partial charge in [0.1, 0.15) is 5.78 Å². The summed E-state index contributed by atoms with van der Waals surface area (Å²) in [5, 5.41) is 1.78. The monoisotopic (exact) mass is 605 g/mol. The number of alkyl halides is 6. The molecule has 2 atom stereocenters. The van der Waals surface area contributed by atoms with Gasteiger partial charge in [0.05, 0.1) is 37.9 Å². The molecule has 1 N–H and O–H groups in total. The number of carbonyl (C=O) groups is 2. The zero-order chi connectivity index (χ0) is 28.1. The van der Waals surface area contributed by atoms with Crippen LogP contribution in [0.25, 0.3) is 6.08 Å². The molecule has 202 valence electrons. The van der Waals surface area contributed by atoms with Crippen LogP contribution in [0.4, 0.5) is 26.3 Å². The predicted octanol–water partition coefficient (Wildman–Crippen LogP) is 8.47. The smallest absolute Gasteiger partial charge is 0.349 e. The van der Waals surface area contributed by atoms with E-state index in [9.17, 15) is 35.9 Å². The topological polar surface area (TPSA) is 46.2 Å². The summed E-state index contributed by atoms with van der Waals surface area (Å²) in [7, 11) is 0. The molecule has 0 aliphatic rings. The van der Waals surface area contributed by atoms with Crippen molar-refractivity contribution in [1.29, 1.82) is 0 Å². The summed E-state index contributed by atoms with van der Waals surface area (Å²) in [5.74, 6) is -3.30. The molecular formula is C24H20Cl3F6NO2S. The van der Waals surface area contributed by atoms with Crippen LogP contribution in [-0.2, 0) is 11.0 Å². The molecule has 0 spiro atoms. The number of nitrogens with one attached hydrogen (secondary N) is 1. The fourth-order valence-corrected chi connectivity index (χ4v) is 4.44. The highest BCUT2D eigenvalue weighted by Gasteiger charge is 2.40.